The van der Waals surface area contributed by atoms with Gasteiger partial charge in [-0.15, -0.1) is 0 Å². The molecule has 0 aromatic carbocycles. The normalized spacial score (nSPS) is 16.7. The largest absolute Gasteiger partial charge is 0.401 e. The van der Waals surface area contributed by atoms with Gasteiger partial charge in [0.15, 0.2) is 0 Å². The van der Waals surface area contributed by atoms with Gasteiger partial charge < -0.3 is 10.1 Å². The molecule has 0 saturated carbocycles. The summed E-state index contributed by atoms with van der Waals surface area (Å²) in [6.45, 7) is 5.43. The van der Waals surface area contributed by atoms with Crippen LogP contribution in [0.25, 0.3) is 0 Å². The van der Waals surface area contributed by atoms with E-state index in [2.05, 4.69) is 5.32 Å². The lowest BCUT2D eigenvalue weighted by Gasteiger charge is -2.34. The van der Waals surface area contributed by atoms with Crippen molar-refractivity contribution in [3.8, 4) is 0 Å². The van der Waals surface area contributed by atoms with E-state index in [1.807, 2.05) is 25.8 Å². The number of rotatable bonds is 5. The second-order valence-electron chi connectivity index (χ2n) is 3.46. The number of nitrogens with zero attached hydrogens (tertiary/aromatic N) is 1. The van der Waals surface area contributed by atoms with Crippen LogP contribution in [0.4, 0.5) is 13.2 Å². The van der Waals surface area contributed by atoms with Gasteiger partial charge in [0.25, 0.3) is 0 Å². The van der Waals surface area contributed by atoms with Gasteiger partial charge in [0.1, 0.15) is 0 Å². The van der Waals surface area contributed by atoms with Crippen molar-refractivity contribution in [2.24, 2.45) is 0 Å². The Balaban J connectivity index is 0.00000106. The predicted molar refractivity (Wildman–Crippen MR) is 57.5 cm³/mol. The van der Waals surface area contributed by atoms with Gasteiger partial charge in [-0.3, -0.25) is 4.90 Å². The van der Waals surface area contributed by atoms with E-state index in [1.165, 1.54) is 0 Å². The number of nitrogens with one attached hydrogen (secondary N) is 1. The maximum absolute atomic E-state index is 11.7. The highest BCUT2D eigenvalue weighted by Crippen LogP contribution is 2.12. The van der Waals surface area contributed by atoms with E-state index in [1.54, 1.807) is 0 Å². The van der Waals surface area contributed by atoms with Crippen molar-refractivity contribution in [2.75, 3.05) is 39.9 Å². The highest BCUT2D eigenvalue weighted by atomic mass is 19.4. The molecule has 1 heterocycles. The van der Waals surface area contributed by atoms with Crippen LogP contribution in [0.2, 0.25) is 0 Å². The monoisotopic (exact) mass is 242 g/mol. The molecule has 1 rings (SSSR count). The summed E-state index contributed by atoms with van der Waals surface area (Å²) in [5.41, 5.74) is 0. The Morgan fingerprint density at radius 2 is 1.88 bits per heavy atom. The molecule has 0 atom stereocenters. The fourth-order valence-electron chi connectivity index (χ4n) is 1.15. The smallest absolute Gasteiger partial charge is 0.378 e. The molecule has 3 nitrogen and oxygen atoms in total. The van der Waals surface area contributed by atoms with E-state index >= 15 is 0 Å². The minimum absolute atomic E-state index is 0.354. The Kier molecular flexibility index (Phi) is 7.70. The first-order chi connectivity index (χ1) is 7.49. The number of halogens is 3. The zero-order valence-electron chi connectivity index (χ0n) is 10.1. The van der Waals surface area contributed by atoms with Crippen molar-refractivity contribution in [3.63, 3.8) is 0 Å². The maximum atomic E-state index is 11.7. The third kappa shape index (κ3) is 7.03. The summed E-state index contributed by atoms with van der Waals surface area (Å²) in [4.78, 5) is 2.01. The van der Waals surface area contributed by atoms with Crippen LogP contribution < -0.4 is 5.32 Å². The zero-order valence-corrected chi connectivity index (χ0v) is 10.1. The van der Waals surface area contributed by atoms with Gasteiger partial charge in [0.05, 0.1) is 25.8 Å². The lowest BCUT2D eigenvalue weighted by atomic mass is 10.2. The minimum atomic E-state index is -4.11. The average Bonchev–Trinajstić information content (AvgIpc) is 2.11. The van der Waals surface area contributed by atoms with E-state index in [9.17, 15) is 13.2 Å². The first kappa shape index (κ1) is 15.7. The molecule has 6 heteroatoms. The molecule has 0 aromatic rings. The van der Waals surface area contributed by atoms with Crippen LogP contribution >= 0.6 is 0 Å². The van der Waals surface area contributed by atoms with Crippen LogP contribution in [0, 0.1) is 0 Å². The van der Waals surface area contributed by atoms with Crippen LogP contribution in [0.15, 0.2) is 0 Å². The van der Waals surface area contributed by atoms with Crippen molar-refractivity contribution in [3.05, 3.63) is 0 Å². The van der Waals surface area contributed by atoms with Gasteiger partial charge in [0.2, 0.25) is 0 Å². The number of hydrogen-bond donors (Lipinski definition) is 1. The standard InChI is InChI=1S/C8H15F3N2O.C2H6/c1-13(7-4-14-5-7)3-2-12-6-8(9,10)11;1-2/h7,12H,2-6H2,1H3;1-2H3. The highest BCUT2D eigenvalue weighted by molar-refractivity contribution is 4.75. The van der Waals surface area contributed by atoms with Gasteiger partial charge >= 0.3 is 6.18 Å². The average molecular weight is 242 g/mol. The Labute approximate surface area is 94.9 Å². The van der Waals surface area contributed by atoms with Gasteiger partial charge in [-0.05, 0) is 7.05 Å². The van der Waals surface area contributed by atoms with E-state index in [4.69, 9.17) is 4.74 Å². The van der Waals surface area contributed by atoms with Gasteiger partial charge in [-0.1, -0.05) is 13.8 Å². The summed E-state index contributed by atoms with van der Waals surface area (Å²) >= 11 is 0. The Bertz CT molecular complexity index is 172. The molecule has 0 unspecified atom stereocenters. The predicted octanol–water partition coefficient (Wildman–Crippen LogP) is 1.50. The van der Waals surface area contributed by atoms with Gasteiger partial charge in [-0.2, -0.15) is 13.2 Å². The molecular formula is C10H21F3N2O. The van der Waals surface area contributed by atoms with E-state index in [0.717, 1.165) is 0 Å². The van der Waals surface area contributed by atoms with E-state index in [0.29, 0.717) is 32.3 Å². The molecule has 98 valence electrons. The summed E-state index contributed by atoms with van der Waals surface area (Å²) < 4.78 is 40.1. The molecule has 1 N–H and O–H groups in total. The summed E-state index contributed by atoms with van der Waals surface area (Å²) in [6.07, 6.45) is -4.11. The number of alkyl halides is 3. The molecule has 0 spiro atoms. The van der Waals surface area contributed by atoms with Crippen LogP contribution in [0.1, 0.15) is 13.8 Å². The number of ether oxygens (including phenoxy) is 1. The fourth-order valence-corrected chi connectivity index (χ4v) is 1.15. The molecule has 1 aliphatic heterocycles. The van der Waals surface area contributed by atoms with E-state index in [-0.39, 0.29) is 0 Å². The number of likely N-dealkylation sites (N-methyl/N-ethyl adjacent to an activating group) is 1. The third-order valence-electron chi connectivity index (χ3n) is 2.21. The van der Waals surface area contributed by atoms with Crippen molar-refractivity contribution in [1.29, 1.82) is 0 Å². The summed E-state index contributed by atoms with van der Waals surface area (Å²) in [6, 6.07) is 0.377. The van der Waals surface area contributed by atoms with Crippen molar-refractivity contribution < 1.29 is 17.9 Å². The highest BCUT2D eigenvalue weighted by Gasteiger charge is 2.26. The molecule has 0 bridgehead atoms. The fraction of sp³-hybridized carbons (Fsp3) is 1.00. The Morgan fingerprint density at radius 1 is 1.31 bits per heavy atom. The molecule has 16 heavy (non-hydrogen) atoms. The molecule has 0 radical (unpaired) electrons. The van der Waals surface area contributed by atoms with Gasteiger partial charge in [-0.25, -0.2) is 0 Å². The zero-order chi connectivity index (χ0) is 12.6. The molecule has 0 amide bonds. The molecule has 1 aliphatic rings. The molecule has 1 fully saturated rings. The summed E-state index contributed by atoms with van der Waals surface area (Å²) in [7, 11) is 1.89. The quantitative estimate of drug-likeness (QED) is 0.739. The molecular weight excluding hydrogens is 221 g/mol. The second kappa shape index (κ2) is 7.86. The van der Waals surface area contributed by atoms with Crippen molar-refractivity contribution in [2.45, 2.75) is 26.1 Å². The Hall–Kier alpha value is -0.330. The maximum Gasteiger partial charge on any atom is 0.401 e. The molecule has 0 aromatic heterocycles. The first-order valence-electron chi connectivity index (χ1n) is 5.54. The van der Waals surface area contributed by atoms with Crippen LogP contribution in [-0.2, 0) is 4.74 Å². The molecule has 1 saturated heterocycles. The van der Waals surface area contributed by atoms with Crippen molar-refractivity contribution >= 4 is 0 Å². The van der Waals surface area contributed by atoms with Crippen molar-refractivity contribution in [1.82, 2.24) is 10.2 Å². The SMILES string of the molecule is CC.CN(CCNCC(F)(F)F)C1COC1. The lowest BCUT2D eigenvalue weighted by Crippen LogP contribution is -2.49. The summed E-state index contributed by atoms with van der Waals surface area (Å²) in [5, 5.41) is 2.35. The van der Waals surface area contributed by atoms with E-state index < -0.39 is 12.7 Å². The third-order valence-corrected chi connectivity index (χ3v) is 2.21. The van der Waals surface area contributed by atoms with Crippen LogP contribution in [-0.4, -0.2) is 57.0 Å². The molecule has 0 aliphatic carbocycles. The topological polar surface area (TPSA) is 24.5 Å². The first-order valence-corrected chi connectivity index (χ1v) is 5.54. The second-order valence-corrected chi connectivity index (χ2v) is 3.46. The Morgan fingerprint density at radius 3 is 2.25 bits per heavy atom. The summed E-state index contributed by atoms with van der Waals surface area (Å²) in [5.74, 6) is 0. The number of hydrogen-bond acceptors (Lipinski definition) is 3. The van der Waals surface area contributed by atoms with Crippen LogP contribution in [0.5, 0.6) is 0 Å². The van der Waals surface area contributed by atoms with Gasteiger partial charge in [0, 0.05) is 13.1 Å². The minimum Gasteiger partial charge on any atom is -0.378 e. The van der Waals surface area contributed by atoms with Crippen LogP contribution in [0.3, 0.4) is 0 Å². The lowest BCUT2D eigenvalue weighted by molar-refractivity contribution is -0.125.